The van der Waals surface area contributed by atoms with Crippen LogP contribution in [0.1, 0.15) is 31.5 Å². The molecule has 1 N–H and O–H groups in total. The molecule has 1 aromatic carbocycles. The highest BCUT2D eigenvalue weighted by molar-refractivity contribution is 5.92. The lowest BCUT2D eigenvalue weighted by atomic mass is 10.1. The summed E-state index contributed by atoms with van der Waals surface area (Å²) in [6, 6.07) is 12.0. The molecule has 1 aliphatic rings. The van der Waals surface area contributed by atoms with Crippen LogP contribution >= 0.6 is 0 Å². The van der Waals surface area contributed by atoms with E-state index in [9.17, 15) is 4.79 Å². The molecule has 2 aromatic rings. The highest BCUT2D eigenvalue weighted by Crippen LogP contribution is 2.31. The summed E-state index contributed by atoms with van der Waals surface area (Å²) in [4.78, 5) is 14.7. The minimum absolute atomic E-state index is 0.0280. The molecule has 1 saturated heterocycles. The SMILES string of the molecule is CCOc1ccc(NC(=O)CN2CCCC2c2cccn2C)cc1. The van der Waals surface area contributed by atoms with Crippen molar-refractivity contribution in [3.8, 4) is 5.75 Å². The van der Waals surface area contributed by atoms with Gasteiger partial charge in [-0.3, -0.25) is 9.69 Å². The van der Waals surface area contributed by atoms with E-state index >= 15 is 0 Å². The molecule has 0 radical (unpaired) electrons. The molecule has 0 spiro atoms. The molecule has 3 rings (SSSR count). The van der Waals surface area contributed by atoms with Gasteiger partial charge in [-0.1, -0.05) is 0 Å². The maximum absolute atomic E-state index is 12.4. The lowest BCUT2D eigenvalue weighted by Gasteiger charge is -2.24. The average Bonchev–Trinajstić information content (AvgIpc) is 3.18. The number of ether oxygens (including phenoxy) is 1. The van der Waals surface area contributed by atoms with Gasteiger partial charge in [0.05, 0.1) is 19.2 Å². The number of hydrogen-bond acceptors (Lipinski definition) is 3. The average molecular weight is 327 g/mol. The molecule has 1 fully saturated rings. The maximum atomic E-state index is 12.4. The lowest BCUT2D eigenvalue weighted by Crippen LogP contribution is -2.33. The smallest absolute Gasteiger partial charge is 0.238 e. The van der Waals surface area contributed by atoms with Gasteiger partial charge in [0.25, 0.3) is 0 Å². The molecule has 1 amide bonds. The maximum Gasteiger partial charge on any atom is 0.238 e. The van der Waals surface area contributed by atoms with Gasteiger partial charge in [-0.15, -0.1) is 0 Å². The summed E-state index contributed by atoms with van der Waals surface area (Å²) in [6.07, 6.45) is 4.30. The van der Waals surface area contributed by atoms with Crippen LogP contribution in [-0.4, -0.2) is 35.1 Å². The fourth-order valence-electron chi connectivity index (χ4n) is 3.36. The molecule has 24 heavy (non-hydrogen) atoms. The summed E-state index contributed by atoms with van der Waals surface area (Å²) in [5, 5.41) is 2.98. The second-order valence-electron chi connectivity index (χ2n) is 6.18. The van der Waals surface area contributed by atoms with E-state index in [2.05, 4.69) is 40.2 Å². The number of anilines is 1. The van der Waals surface area contributed by atoms with Gasteiger partial charge in [0.1, 0.15) is 5.75 Å². The number of nitrogens with one attached hydrogen (secondary N) is 1. The van der Waals surface area contributed by atoms with Crippen molar-refractivity contribution in [1.29, 1.82) is 0 Å². The number of rotatable bonds is 6. The quantitative estimate of drug-likeness (QED) is 0.886. The molecular weight excluding hydrogens is 302 g/mol. The number of amides is 1. The van der Waals surface area contributed by atoms with Crippen molar-refractivity contribution in [1.82, 2.24) is 9.47 Å². The number of benzene rings is 1. The van der Waals surface area contributed by atoms with Gasteiger partial charge in [-0.05, 0) is 62.7 Å². The minimum Gasteiger partial charge on any atom is -0.494 e. The molecular formula is C19H25N3O2. The van der Waals surface area contributed by atoms with E-state index in [4.69, 9.17) is 4.74 Å². The van der Waals surface area contributed by atoms with Crippen LogP contribution in [0.4, 0.5) is 5.69 Å². The molecule has 0 aliphatic carbocycles. The Morgan fingerprint density at radius 3 is 2.75 bits per heavy atom. The Balaban J connectivity index is 1.59. The second-order valence-corrected chi connectivity index (χ2v) is 6.18. The Bertz CT molecular complexity index is 678. The van der Waals surface area contributed by atoms with Crippen LogP contribution in [0.3, 0.4) is 0 Å². The Morgan fingerprint density at radius 2 is 2.08 bits per heavy atom. The van der Waals surface area contributed by atoms with Crippen molar-refractivity contribution in [2.45, 2.75) is 25.8 Å². The molecule has 0 bridgehead atoms. The van der Waals surface area contributed by atoms with Gasteiger partial charge in [0.2, 0.25) is 5.91 Å². The third-order valence-corrected chi connectivity index (χ3v) is 4.48. The standard InChI is InChI=1S/C19H25N3O2/c1-3-24-16-10-8-15(9-11-16)20-19(23)14-22-13-5-7-18(22)17-6-4-12-21(17)2/h4,6,8-12,18H,3,5,7,13-14H2,1-2H3,(H,20,23). The highest BCUT2D eigenvalue weighted by atomic mass is 16.5. The zero-order chi connectivity index (χ0) is 16.9. The molecule has 1 atom stereocenters. The van der Waals surface area contributed by atoms with Crippen LogP contribution in [0, 0.1) is 0 Å². The zero-order valence-electron chi connectivity index (χ0n) is 14.4. The Labute approximate surface area is 143 Å². The molecule has 5 heteroatoms. The van der Waals surface area contributed by atoms with Crippen LogP contribution in [0.2, 0.25) is 0 Å². The molecule has 2 heterocycles. The van der Waals surface area contributed by atoms with Crippen LogP contribution in [0.15, 0.2) is 42.6 Å². The van der Waals surface area contributed by atoms with E-state index in [-0.39, 0.29) is 5.91 Å². The van der Waals surface area contributed by atoms with E-state index in [0.717, 1.165) is 30.8 Å². The van der Waals surface area contributed by atoms with Gasteiger partial charge in [-0.25, -0.2) is 0 Å². The molecule has 1 unspecified atom stereocenters. The van der Waals surface area contributed by atoms with E-state index in [0.29, 0.717) is 19.2 Å². The monoisotopic (exact) mass is 327 g/mol. The number of carbonyl (C=O) groups excluding carboxylic acids is 1. The van der Waals surface area contributed by atoms with Gasteiger partial charge >= 0.3 is 0 Å². The summed E-state index contributed by atoms with van der Waals surface area (Å²) in [6.45, 7) is 3.98. The highest BCUT2D eigenvalue weighted by Gasteiger charge is 2.28. The third-order valence-electron chi connectivity index (χ3n) is 4.48. The Morgan fingerprint density at radius 1 is 1.29 bits per heavy atom. The number of aryl methyl sites for hydroxylation is 1. The van der Waals surface area contributed by atoms with Gasteiger partial charge in [0.15, 0.2) is 0 Å². The minimum atomic E-state index is 0.0280. The fourth-order valence-corrected chi connectivity index (χ4v) is 3.36. The Hall–Kier alpha value is -2.27. The predicted molar refractivity (Wildman–Crippen MR) is 95.2 cm³/mol. The predicted octanol–water partition coefficient (Wildman–Crippen LogP) is 3.20. The van der Waals surface area contributed by atoms with E-state index < -0.39 is 0 Å². The van der Waals surface area contributed by atoms with Crippen molar-refractivity contribution in [2.75, 3.05) is 25.0 Å². The number of carbonyl (C=O) groups is 1. The summed E-state index contributed by atoms with van der Waals surface area (Å²) in [7, 11) is 2.06. The van der Waals surface area contributed by atoms with Crippen LogP contribution in [-0.2, 0) is 11.8 Å². The third kappa shape index (κ3) is 3.79. The first kappa shape index (κ1) is 16.6. The van der Waals surface area contributed by atoms with E-state index in [1.165, 1.54) is 5.69 Å². The van der Waals surface area contributed by atoms with E-state index in [1.54, 1.807) is 0 Å². The van der Waals surface area contributed by atoms with Crippen LogP contribution < -0.4 is 10.1 Å². The fraction of sp³-hybridized carbons (Fsp3) is 0.421. The van der Waals surface area contributed by atoms with Crippen molar-refractivity contribution < 1.29 is 9.53 Å². The van der Waals surface area contributed by atoms with Crippen molar-refractivity contribution in [3.05, 3.63) is 48.3 Å². The molecule has 0 saturated carbocycles. The van der Waals surface area contributed by atoms with Crippen molar-refractivity contribution in [3.63, 3.8) is 0 Å². The van der Waals surface area contributed by atoms with Gasteiger partial charge < -0.3 is 14.6 Å². The number of nitrogens with zero attached hydrogens (tertiary/aromatic N) is 2. The first-order valence-electron chi connectivity index (χ1n) is 8.55. The normalized spacial score (nSPS) is 17.8. The zero-order valence-corrected chi connectivity index (χ0v) is 14.4. The summed E-state index contributed by atoms with van der Waals surface area (Å²) in [5.74, 6) is 0.846. The van der Waals surface area contributed by atoms with Gasteiger partial charge in [-0.2, -0.15) is 0 Å². The first-order chi connectivity index (χ1) is 11.7. The largest absolute Gasteiger partial charge is 0.494 e. The number of aromatic nitrogens is 1. The summed E-state index contributed by atoms with van der Waals surface area (Å²) >= 11 is 0. The van der Waals surface area contributed by atoms with Crippen LogP contribution in [0.5, 0.6) is 5.75 Å². The second kappa shape index (κ2) is 7.53. The molecule has 1 aromatic heterocycles. The first-order valence-corrected chi connectivity index (χ1v) is 8.55. The number of likely N-dealkylation sites (tertiary alicyclic amines) is 1. The van der Waals surface area contributed by atoms with E-state index in [1.807, 2.05) is 31.2 Å². The lowest BCUT2D eigenvalue weighted by molar-refractivity contribution is -0.117. The molecule has 128 valence electrons. The van der Waals surface area contributed by atoms with Crippen molar-refractivity contribution in [2.24, 2.45) is 7.05 Å². The summed E-state index contributed by atoms with van der Waals surface area (Å²) < 4.78 is 7.56. The number of hydrogen-bond donors (Lipinski definition) is 1. The molecule has 5 nitrogen and oxygen atoms in total. The topological polar surface area (TPSA) is 46.5 Å². The van der Waals surface area contributed by atoms with Gasteiger partial charge in [0, 0.05) is 24.6 Å². The van der Waals surface area contributed by atoms with Crippen LogP contribution in [0.25, 0.3) is 0 Å². The molecule has 1 aliphatic heterocycles. The summed E-state index contributed by atoms with van der Waals surface area (Å²) in [5.41, 5.74) is 2.08. The Kier molecular flexibility index (Phi) is 5.20. The van der Waals surface area contributed by atoms with Crippen molar-refractivity contribution >= 4 is 11.6 Å².